The van der Waals surface area contributed by atoms with Crippen LogP contribution in [0.5, 0.6) is 0 Å². The molecule has 2 aliphatic carbocycles. The van der Waals surface area contributed by atoms with Gasteiger partial charge in [0.25, 0.3) is 0 Å². The van der Waals surface area contributed by atoms with Gasteiger partial charge in [0.15, 0.2) is 6.29 Å². The van der Waals surface area contributed by atoms with Crippen molar-refractivity contribution in [2.24, 2.45) is 11.8 Å². The average molecular weight is 486 g/mol. The number of hydrogen-bond donors (Lipinski definition) is 2. The molecule has 0 saturated heterocycles. The minimum Gasteiger partial charge on any atom is -0.463 e. The predicted molar refractivity (Wildman–Crippen MR) is 129 cm³/mol. The second-order valence-corrected chi connectivity index (χ2v) is 10.9. The maximum atomic E-state index is 12.3. The molecule has 2 saturated carbocycles. The van der Waals surface area contributed by atoms with Gasteiger partial charge in [-0.25, -0.2) is 4.79 Å². The van der Waals surface area contributed by atoms with Crippen molar-refractivity contribution in [1.29, 1.82) is 0 Å². The largest absolute Gasteiger partial charge is 0.463 e. The van der Waals surface area contributed by atoms with Gasteiger partial charge in [-0.15, -0.1) is 0 Å². The molecule has 2 rings (SSSR count). The van der Waals surface area contributed by atoms with Crippen molar-refractivity contribution in [1.82, 2.24) is 5.48 Å². The van der Waals surface area contributed by atoms with E-state index in [1.807, 2.05) is 0 Å². The Morgan fingerprint density at radius 3 is 2.09 bits per heavy atom. The van der Waals surface area contributed by atoms with Gasteiger partial charge in [-0.1, -0.05) is 64.2 Å². The van der Waals surface area contributed by atoms with Crippen LogP contribution in [-0.2, 0) is 23.8 Å². The summed E-state index contributed by atoms with van der Waals surface area (Å²) in [4.78, 5) is 29.6. The number of esters is 1. The summed E-state index contributed by atoms with van der Waals surface area (Å²) < 4.78 is 16.1. The van der Waals surface area contributed by atoms with E-state index in [4.69, 9.17) is 19.0 Å². The highest BCUT2D eigenvalue weighted by atomic mass is 16.7. The smallest absolute Gasteiger partial charge is 0.431 e. The zero-order valence-corrected chi connectivity index (χ0v) is 21.5. The molecule has 2 unspecified atom stereocenters. The molecule has 0 radical (unpaired) electrons. The van der Waals surface area contributed by atoms with Gasteiger partial charge < -0.3 is 19.3 Å². The molecule has 2 aliphatic rings. The average Bonchev–Trinajstić information content (AvgIpc) is 2.81. The van der Waals surface area contributed by atoms with E-state index >= 15 is 0 Å². The highest BCUT2D eigenvalue weighted by molar-refractivity contribution is 5.69. The summed E-state index contributed by atoms with van der Waals surface area (Å²) >= 11 is 0. The minimum absolute atomic E-state index is 0.0163. The first kappa shape index (κ1) is 28.9. The molecule has 2 N–H and O–H groups in total. The van der Waals surface area contributed by atoms with Crippen LogP contribution in [0, 0.1) is 11.8 Å². The zero-order chi connectivity index (χ0) is 24.8. The summed E-state index contributed by atoms with van der Waals surface area (Å²) in [6, 6.07) is 0. The molecule has 0 aromatic rings. The summed E-state index contributed by atoms with van der Waals surface area (Å²) in [7, 11) is 0. The Bertz CT molecular complexity index is 580. The third-order valence-electron chi connectivity index (χ3n) is 6.64. The van der Waals surface area contributed by atoms with Crippen molar-refractivity contribution < 1.29 is 33.7 Å². The summed E-state index contributed by atoms with van der Waals surface area (Å²) in [6.45, 7) is 5.17. The Kier molecular flexibility index (Phi) is 13.2. The quantitative estimate of drug-likeness (QED) is 0.204. The lowest BCUT2D eigenvalue weighted by Crippen LogP contribution is -2.39. The molecule has 198 valence electrons. The topological polar surface area (TPSA) is 103 Å². The van der Waals surface area contributed by atoms with Gasteiger partial charge >= 0.3 is 12.1 Å². The summed E-state index contributed by atoms with van der Waals surface area (Å²) in [5.41, 5.74) is 1.57. The maximum Gasteiger partial charge on any atom is 0.431 e. The van der Waals surface area contributed by atoms with Crippen molar-refractivity contribution in [3.8, 4) is 0 Å². The Hall–Kier alpha value is -1.38. The molecule has 8 nitrogen and oxygen atoms in total. The van der Waals surface area contributed by atoms with Gasteiger partial charge in [0.05, 0.1) is 6.61 Å². The van der Waals surface area contributed by atoms with Gasteiger partial charge in [0.2, 0.25) is 0 Å². The lowest BCUT2D eigenvalue weighted by molar-refractivity contribution is -0.168. The molecule has 2 atom stereocenters. The molecule has 1 amide bonds. The first-order valence-corrected chi connectivity index (χ1v) is 13.3. The number of amides is 1. The number of ether oxygens (including phenoxy) is 3. The second kappa shape index (κ2) is 15.6. The molecule has 0 aromatic carbocycles. The third-order valence-corrected chi connectivity index (χ3v) is 6.64. The van der Waals surface area contributed by atoms with Gasteiger partial charge in [0.1, 0.15) is 18.3 Å². The SMILES string of the molecule is CC(C)(C)OC(=O)NOC(COC(=O)CCC1CCCCC1)COC(O)CCC1CCCCC1. The van der Waals surface area contributed by atoms with Crippen LogP contribution in [0.1, 0.15) is 111 Å². The molecule has 0 heterocycles. The predicted octanol–water partition coefficient (Wildman–Crippen LogP) is 5.41. The number of hydrogen-bond acceptors (Lipinski definition) is 7. The standard InChI is InChI=1S/C26H47NO7/c1-26(2,3)33-25(30)27-34-22(18-31-23(28)16-14-20-10-6-4-7-11-20)19-32-24(29)17-15-21-12-8-5-9-13-21/h20-23,28H,4-19H2,1-3H3,(H,27,30). The maximum absolute atomic E-state index is 12.3. The highest BCUT2D eigenvalue weighted by Crippen LogP contribution is 2.28. The van der Waals surface area contributed by atoms with E-state index in [9.17, 15) is 14.7 Å². The van der Waals surface area contributed by atoms with Crippen molar-refractivity contribution in [3.63, 3.8) is 0 Å². The zero-order valence-electron chi connectivity index (χ0n) is 21.5. The van der Waals surface area contributed by atoms with E-state index in [1.165, 1.54) is 64.2 Å². The van der Waals surface area contributed by atoms with Crippen LogP contribution >= 0.6 is 0 Å². The van der Waals surface area contributed by atoms with Gasteiger partial charge in [-0.05, 0) is 51.9 Å². The first-order valence-electron chi connectivity index (χ1n) is 13.3. The highest BCUT2D eigenvalue weighted by Gasteiger charge is 2.22. The Morgan fingerprint density at radius 2 is 1.50 bits per heavy atom. The van der Waals surface area contributed by atoms with Gasteiger partial charge in [0, 0.05) is 6.42 Å². The van der Waals surface area contributed by atoms with Crippen molar-refractivity contribution in [2.45, 2.75) is 129 Å². The van der Waals surface area contributed by atoms with Crippen LogP contribution < -0.4 is 5.48 Å². The normalized spacial score (nSPS) is 19.9. The molecule has 34 heavy (non-hydrogen) atoms. The van der Waals surface area contributed by atoms with E-state index in [0.29, 0.717) is 24.7 Å². The Balaban J connectivity index is 1.73. The van der Waals surface area contributed by atoms with Crippen LogP contribution in [0.3, 0.4) is 0 Å². The van der Waals surface area contributed by atoms with Crippen LogP contribution in [0.25, 0.3) is 0 Å². The minimum atomic E-state index is -0.920. The first-order chi connectivity index (χ1) is 16.2. The number of aliphatic hydroxyl groups excluding tert-OH is 1. The lowest BCUT2D eigenvalue weighted by Gasteiger charge is -2.24. The van der Waals surface area contributed by atoms with Crippen molar-refractivity contribution >= 4 is 12.1 Å². The van der Waals surface area contributed by atoms with Crippen LogP contribution in [0.15, 0.2) is 0 Å². The number of aliphatic hydroxyl groups is 1. The van der Waals surface area contributed by atoms with Crippen molar-refractivity contribution in [3.05, 3.63) is 0 Å². The molecule has 0 bridgehead atoms. The molecule has 0 aromatic heterocycles. The summed E-state index contributed by atoms with van der Waals surface area (Å²) in [5, 5.41) is 10.3. The van der Waals surface area contributed by atoms with Gasteiger partial charge in [-0.3, -0.25) is 9.63 Å². The number of carbonyl (C=O) groups excluding carboxylic acids is 2. The fourth-order valence-corrected chi connectivity index (χ4v) is 4.76. The number of carbonyl (C=O) groups is 2. The molecular formula is C26H47NO7. The fraction of sp³-hybridized carbons (Fsp3) is 0.923. The van der Waals surface area contributed by atoms with E-state index in [1.54, 1.807) is 20.8 Å². The van der Waals surface area contributed by atoms with Crippen LogP contribution in [0.2, 0.25) is 0 Å². The van der Waals surface area contributed by atoms with Crippen LogP contribution in [-0.4, -0.2) is 48.4 Å². The summed E-state index contributed by atoms with van der Waals surface area (Å²) in [6.07, 6.45) is 12.7. The fourth-order valence-electron chi connectivity index (χ4n) is 4.76. The number of nitrogens with one attached hydrogen (secondary N) is 1. The van der Waals surface area contributed by atoms with E-state index < -0.39 is 24.1 Å². The molecular weight excluding hydrogens is 438 g/mol. The second-order valence-electron chi connectivity index (χ2n) is 10.9. The van der Waals surface area contributed by atoms with E-state index in [0.717, 1.165) is 12.8 Å². The third kappa shape index (κ3) is 13.5. The molecule has 2 fully saturated rings. The van der Waals surface area contributed by atoms with E-state index in [2.05, 4.69) is 5.48 Å². The van der Waals surface area contributed by atoms with Crippen LogP contribution in [0.4, 0.5) is 4.79 Å². The van der Waals surface area contributed by atoms with E-state index in [-0.39, 0.29) is 19.2 Å². The lowest BCUT2D eigenvalue weighted by atomic mass is 9.86. The monoisotopic (exact) mass is 485 g/mol. The van der Waals surface area contributed by atoms with Crippen molar-refractivity contribution in [2.75, 3.05) is 13.2 Å². The molecule has 0 spiro atoms. The van der Waals surface area contributed by atoms with Gasteiger partial charge in [-0.2, -0.15) is 5.48 Å². The Labute approximate surface area is 205 Å². The molecule has 8 heteroatoms. The number of hydroxylamine groups is 1. The molecule has 0 aliphatic heterocycles. The summed E-state index contributed by atoms with van der Waals surface area (Å²) in [5.74, 6) is 0.970. The number of rotatable bonds is 13. The Morgan fingerprint density at radius 1 is 0.912 bits per heavy atom.